The van der Waals surface area contributed by atoms with E-state index in [9.17, 15) is 13.2 Å². The monoisotopic (exact) mass is 435 g/mol. The lowest BCUT2D eigenvalue weighted by Crippen LogP contribution is -2.14. The van der Waals surface area contributed by atoms with Crippen LogP contribution in [0.25, 0.3) is 0 Å². The van der Waals surface area contributed by atoms with Crippen molar-refractivity contribution in [1.29, 1.82) is 0 Å². The Hall–Kier alpha value is -2.65. The number of amides is 1. The van der Waals surface area contributed by atoms with Crippen LogP contribution in [-0.4, -0.2) is 19.5 Å². The molecule has 1 amide bonds. The van der Waals surface area contributed by atoms with Crippen molar-refractivity contribution < 1.29 is 17.7 Å². The minimum Gasteiger partial charge on any atom is -0.361 e. The van der Waals surface area contributed by atoms with Gasteiger partial charge in [-0.25, -0.2) is 8.42 Å². The molecule has 0 fully saturated rings. The van der Waals surface area contributed by atoms with Crippen LogP contribution in [0.15, 0.2) is 68.6 Å². The number of sulfonamides is 1. The number of rotatable bonds is 5. The lowest BCUT2D eigenvalue weighted by atomic mass is 10.2. The van der Waals surface area contributed by atoms with Gasteiger partial charge in [0, 0.05) is 15.8 Å². The van der Waals surface area contributed by atoms with Gasteiger partial charge >= 0.3 is 0 Å². The topological polar surface area (TPSA) is 101 Å². The molecule has 0 saturated heterocycles. The van der Waals surface area contributed by atoms with Crippen molar-refractivity contribution in [2.24, 2.45) is 0 Å². The van der Waals surface area contributed by atoms with E-state index in [0.29, 0.717) is 22.7 Å². The number of carbonyl (C=O) groups is 1. The number of hydrogen-bond acceptors (Lipinski definition) is 5. The van der Waals surface area contributed by atoms with Gasteiger partial charge in [-0.1, -0.05) is 21.1 Å². The Morgan fingerprint density at radius 1 is 1.04 bits per heavy atom. The Balaban J connectivity index is 1.70. The summed E-state index contributed by atoms with van der Waals surface area (Å²) < 4.78 is 32.8. The fourth-order valence-corrected chi connectivity index (χ4v) is 3.49. The van der Waals surface area contributed by atoms with Crippen LogP contribution in [0, 0.1) is 6.92 Å². The Labute approximate surface area is 158 Å². The van der Waals surface area contributed by atoms with Crippen molar-refractivity contribution >= 4 is 43.2 Å². The molecule has 0 aliphatic heterocycles. The molecule has 3 rings (SSSR count). The van der Waals surface area contributed by atoms with Gasteiger partial charge in [-0.05, 0) is 55.5 Å². The number of benzene rings is 2. The van der Waals surface area contributed by atoms with E-state index in [4.69, 9.17) is 4.52 Å². The van der Waals surface area contributed by atoms with Crippen molar-refractivity contribution in [3.05, 3.63) is 70.5 Å². The lowest BCUT2D eigenvalue weighted by molar-refractivity contribution is 0.102. The summed E-state index contributed by atoms with van der Waals surface area (Å²) >= 11 is 3.27. The minimum absolute atomic E-state index is 0.154. The molecule has 2 N–H and O–H groups in total. The second-order valence-corrected chi connectivity index (χ2v) is 7.98. The molecule has 7 nitrogen and oxygen atoms in total. The first-order chi connectivity index (χ1) is 12.3. The van der Waals surface area contributed by atoms with Crippen LogP contribution in [-0.2, 0) is 10.0 Å². The number of halogens is 1. The van der Waals surface area contributed by atoms with E-state index in [1.807, 2.05) is 0 Å². The molecule has 0 radical (unpaired) electrons. The third-order valence-electron chi connectivity index (χ3n) is 3.51. The van der Waals surface area contributed by atoms with Gasteiger partial charge in [-0.15, -0.1) is 0 Å². The summed E-state index contributed by atoms with van der Waals surface area (Å²) in [5, 5.41) is 6.25. The fraction of sp³-hybridized carbons (Fsp3) is 0.0588. The van der Waals surface area contributed by atoms with Crippen molar-refractivity contribution in [3.63, 3.8) is 0 Å². The second-order valence-electron chi connectivity index (χ2n) is 5.39. The molecule has 26 heavy (non-hydrogen) atoms. The summed E-state index contributed by atoms with van der Waals surface area (Å²) in [4.78, 5) is 12.2. The zero-order valence-electron chi connectivity index (χ0n) is 13.6. The van der Waals surface area contributed by atoms with Crippen LogP contribution in [0.2, 0.25) is 0 Å². The molecular formula is C17H14BrN3O4S. The average molecular weight is 436 g/mol. The largest absolute Gasteiger partial charge is 0.361 e. The van der Waals surface area contributed by atoms with E-state index >= 15 is 0 Å². The molecule has 0 bridgehead atoms. The molecule has 134 valence electrons. The lowest BCUT2D eigenvalue weighted by Gasteiger charge is -2.09. The maximum atomic E-state index is 12.4. The van der Waals surface area contributed by atoms with Crippen molar-refractivity contribution in [3.8, 4) is 0 Å². The minimum atomic E-state index is -3.69. The number of hydrogen-bond donors (Lipinski definition) is 2. The van der Waals surface area contributed by atoms with Gasteiger partial charge in [-0.3, -0.25) is 9.52 Å². The number of aryl methyl sites for hydroxylation is 1. The normalized spacial score (nSPS) is 11.2. The van der Waals surface area contributed by atoms with E-state index in [0.717, 1.165) is 4.47 Å². The first-order valence-electron chi connectivity index (χ1n) is 7.46. The number of carbonyl (C=O) groups excluding carboxylic acids is 1. The van der Waals surface area contributed by atoms with Crippen molar-refractivity contribution in [1.82, 2.24) is 5.16 Å². The van der Waals surface area contributed by atoms with Gasteiger partial charge < -0.3 is 9.84 Å². The second kappa shape index (κ2) is 7.30. The predicted molar refractivity (Wildman–Crippen MR) is 101 cm³/mol. The van der Waals surface area contributed by atoms with Crippen LogP contribution < -0.4 is 10.0 Å². The first-order valence-corrected chi connectivity index (χ1v) is 9.74. The van der Waals surface area contributed by atoms with Gasteiger partial charge in [0.05, 0.1) is 11.1 Å². The van der Waals surface area contributed by atoms with E-state index in [1.165, 1.54) is 18.3 Å². The smallest absolute Gasteiger partial charge is 0.261 e. The standard InChI is InChI=1S/C17H14BrN3O4S/c1-11-16(10-19-25-11)17(22)20-13-4-6-14(7-5-13)21-26(23,24)15-8-2-12(18)3-9-15/h2-10,21H,1H3,(H,20,22). The third-order valence-corrected chi connectivity index (χ3v) is 5.44. The van der Waals surface area contributed by atoms with Crippen LogP contribution >= 0.6 is 15.9 Å². The molecule has 0 aliphatic rings. The zero-order valence-corrected chi connectivity index (χ0v) is 16.0. The highest BCUT2D eigenvalue weighted by Gasteiger charge is 2.15. The Bertz CT molecular complexity index is 1030. The predicted octanol–water partition coefficient (Wildman–Crippen LogP) is 3.80. The van der Waals surface area contributed by atoms with Gasteiger partial charge in [0.2, 0.25) is 0 Å². The molecule has 0 saturated carbocycles. The van der Waals surface area contributed by atoms with E-state index in [1.54, 1.807) is 43.3 Å². The van der Waals surface area contributed by atoms with Gasteiger partial charge in [0.15, 0.2) is 0 Å². The van der Waals surface area contributed by atoms with E-state index in [-0.39, 0.29) is 10.8 Å². The summed E-state index contributed by atoms with van der Waals surface area (Å²) in [5.74, 6) is 0.0633. The molecule has 0 unspecified atom stereocenters. The summed E-state index contributed by atoms with van der Waals surface area (Å²) in [7, 11) is -3.69. The average Bonchev–Trinajstić information content (AvgIpc) is 3.03. The molecule has 0 spiro atoms. The number of nitrogens with one attached hydrogen (secondary N) is 2. The molecule has 2 aromatic carbocycles. The van der Waals surface area contributed by atoms with Crippen LogP contribution in [0.3, 0.4) is 0 Å². The fourth-order valence-electron chi connectivity index (χ4n) is 2.16. The highest BCUT2D eigenvalue weighted by Crippen LogP contribution is 2.20. The SMILES string of the molecule is Cc1oncc1C(=O)Nc1ccc(NS(=O)(=O)c2ccc(Br)cc2)cc1. The number of aromatic nitrogens is 1. The Morgan fingerprint density at radius 2 is 1.65 bits per heavy atom. The summed E-state index contributed by atoms with van der Waals surface area (Å²) in [6.07, 6.45) is 1.34. The zero-order chi connectivity index (χ0) is 18.7. The maximum Gasteiger partial charge on any atom is 0.261 e. The summed E-state index contributed by atoms with van der Waals surface area (Å²) in [6.45, 7) is 1.64. The molecule has 1 aromatic heterocycles. The third kappa shape index (κ3) is 4.12. The summed E-state index contributed by atoms with van der Waals surface area (Å²) in [5.41, 5.74) is 1.24. The highest BCUT2D eigenvalue weighted by atomic mass is 79.9. The molecular weight excluding hydrogens is 422 g/mol. The molecule has 0 aliphatic carbocycles. The van der Waals surface area contributed by atoms with E-state index in [2.05, 4.69) is 31.1 Å². The van der Waals surface area contributed by atoms with Crippen molar-refractivity contribution in [2.75, 3.05) is 10.0 Å². The molecule has 1 heterocycles. The van der Waals surface area contributed by atoms with Crippen molar-refractivity contribution in [2.45, 2.75) is 11.8 Å². The first kappa shape index (κ1) is 18.2. The summed E-state index contributed by atoms with van der Waals surface area (Å²) in [6, 6.07) is 12.6. The van der Waals surface area contributed by atoms with Crippen LogP contribution in [0.1, 0.15) is 16.1 Å². The molecule has 3 aromatic rings. The van der Waals surface area contributed by atoms with Gasteiger partial charge in [-0.2, -0.15) is 0 Å². The van der Waals surface area contributed by atoms with Gasteiger partial charge in [0.1, 0.15) is 11.3 Å². The molecule has 0 atom stereocenters. The number of nitrogens with zero attached hydrogens (tertiary/aromatic N) is 1. The van der Waals surface area contributed by atoms with Crippen LogP contribution in [0.4, 0.5) is 11.4 Å². The number of anilines is 2. The molecule has 9 heteroatoms. The highest BCUT2D eigenvalue weighted by molar-refractivity contribution is 9.10. The Morgan fingerprint density at radius 3 is 2.23 bits per heavy atom. The Kier molecular flexibility index (Phi) is 5.10. The maximum absolute atomic E-state index is 12.4. The van der Waals surface area contributed by atoms with E-state index < -0.39 is 10.0 Å². The van der Waals surface area contributed by atoms with Gasteiger partial charge in [0.25, 0.3) is 15.9 Å². The van der Waals surface area contributed by atoms with Crippen LogP contribution in [0.5, 0.6) is 0 Å². The quantitative estimate of drug-likeness (QED) is 0.634.